The van der Waals surface area contributed by atoms with Crippen molar-refractivity contribution in [2.24, 2.45) is 7.05 Å². The lowest BCUT2D eigenvalue weighted by Crippen LogP contribution is -2.25. The monoisotopic (exact) mass is 304 g/mol. The van der Waals surface area contributed by atoms with Gasteiger partial charge in [0.25, 0.3) is 0 Å². The third kappa shape index (κ3) is 2.08. The number of aromatic nitrogens is 4. The molecular formula is C15H17ClN4O. The predicted octanol–water partition coefficient (Wildman–Crippen LogP) is 2.57. The van der Waals surface area contributed by atoms with Gasteiger partial charge in [-0.15, -0.1) is 0 Å². The van der Waals surface area contributed by atoms with Gasteiger partial charge < -0.3 is 0 Å². The van der Waals surface area contributed by atoms with Gasteiger partial charge in [0.1, 0.15) is 0 Å². The number of fused-ring (bicyclic) bond motifs is 1. The molecule has 0 spiro atoms. The van der Waals surface area contributed by atoms with Gasteiger partial charge in [-0.2, -0.15) is 5.10 Å². The van der Waals surface area contributed by atoms with Crippen LogP contribution in [0.3, 0.4) is 0 Å². The van der Waals surface area contributed by atoms with Gasteiger partial charge in [0.2, 0.25) is 0 Å². The lowest BCUT2D eigenvalue weighted by atomic mass is 10.3. The summed E-state index contributed by atoms with van der Waals surface area (Å²) in [4.78, 5) is 12.6. The number of nitrogens with zero attached hydrogens (tertiary/aromatic N) is 4. The van der Waals surface area contributed by atoms with Crippen LogP contribution in [0.2, 0.25) is 5.02 Å². The van der Waals surface area contributed by atoms with Crippen LogP contribution in [-0.2, 0) is 20.1 Å². The van der Waals surface area contributed by atoms with Crippen molar-refractivity contribution < 1.29 is 0 Å². The normalized spacial score (nSPS) is 11.4. The highest BCUT2D eigenvalue weighted by Gasteiger charge is 2.16. The first-order valence-electron chi connectivity index (χ1n) is 6.90. The molecule has 0 aliphatic rings. The van der Waals surface area contributed by atoms with E-state index < -0.39 is 0 Å². The maximum Gasteiger partial charge on any atom is 0.329 e. The van der Waals surface area contributed by atoms with E-state index in [0.29, 0.717) is 18.1 Å². The predicted molar refractivity (Wildman–Crippen MR) is 83.9 cm³/mol. The minimum Gasteiger partial charge on any atom is -0.292 e. The molecule has 1 aromatic carbocycles. The van der Waals surface area contributed by atoms with Crippen molar-refractivity contribution >= 4 is 22.6 Å². The van der Waals surface area contributed by atoms with Crippen molar-refractivity contribution in [2.75, 3.05) is 0 Å². The highest BCUT2D eigenvalue weighted by Crippen LogP contribution is 2.21. The minimum absolute atomic E-state index is 0.0198. The molecule has 3 aromatic rings. The van der Waals surface area contributed by atoms with Crippen LogP contribution in [0.4, 0.5) is 0 Å². The molecule has 0 N–H and O–H groups in total. The number of hydrogen-bond acceptors (Lipinski definition) is 2. The molecule has 21 heavy (non-hydrogen) atoms. The first-order valence-corrected chi connectivity index (χ1v) is 7.28. The smallest absolute Gasteiger partial charge is 0.292 e. The minimum atomic E-state index is -0.0198. The molecule has 5 nitrogen and oxygen atoms in total. The van der Waals surface area contributed by atoms with Crippen LogP contribution in [0.25, 0.3) is 11.0 Å². The number of hydrogen-bond donors (Lipinski definition) is 0. The first-order chi connectivity index (χ1) is 10.0. The highest BCUT2D eigenvalue weighted by molar-refractivity contribution is 6.31. The van der Waals surface area contributed by atoms with Crippen LogP contribution in [-0.4, -0.2) is 18.9 Å². The summed E-state index contributed by atoms with van der Waals surface area (Å²) in [5.41, 5.74) is 3.46. The summed E-state index contributed by atoms with van der Waals surface area (Å²) in [5, 5.41) is 4.93. The van der Waals surface area contributed by atoms with Gasteiger partial charge in [-0.25, -0.2) is 4.79 Å². The highest BCUT2D eigenvalue weighted by atomic mass is 35.5. The Morgan fingerprint density at radius 1 is 1.19 bits per heavy atom. The first kappa shape index (κ1) is 13.9. The van der Waals surface area contributed by atoms with E-state index in [1.54, 1.807) is 13.8 Å². The average molecular weight is 305 g/mol. The van der Waals surface area contributed by atoms with E-state index in [1.165, 1.54) is 0 Å². The summed E-state index contributed by atoms with van der Waals surface area (Å²) < 4.78 is 5.26. The van der Waals surface area contributed by atoms with Gasteiger partial charge in [0.15, 0.2) is 0 Å². The zero-order valence-corrected chi connectivity index (χ0v) is 13.1. The zero-order chi connectivity index (χ0) is 15.1. The standard InChI is InChI=1S/C15H17ClN4O/c1-4-19-11-7-5-6-8-12(11)20(15(19)21)9-13-14(16)10(2)17-18(13)3/h5-8H,4,9H2,1-3H3. The summed E-state index contributed by atoms with van der Waals surface area (Å²) in [6, 6.07) is 7.81. The van der Waals surface area contributed by atoms with Gasteiger partial charge in [0, 0.05) is 13.6 Å². The van der Waals surface area contributed by atoms with E-state index in [-0.39, 0.29) is 5.69 Å². The van der Waals surface area contributed by atoms with Crippen molar-refractivity contribution in [3.63, 3.8) is 0 Å². The maximum atomic E-state index is 12.6. The van der Waals surface area contributed by atoms with E-state index in [1.807, 2.05) is 45.2 Å². The van der Waals surface area contributed by atoms with Crippen molar-refractivity contribution in [3.8, 4) is 0 Å². The molecule has 6 heteroatoms. The van der Waals surface area contributed by atoms with E-state index in [0.717, 1.165) is 22.4 Å². The van der Waals surface area contributed by atoms with Gasteiger partial charge >= 0.3 is 5.69 Å². The van der Waals surface area contributed by atoms with Gasteiger partial charge in [0.05, 0.1) is 34.0 Å². The molecule has 2 aromatic heterocycles. The van der Waals surface area contributed by atoms with Crippen LogP contribution in [0, 0.1) is 6.92 Å². The Morgan fingerprint density at radius 3 is 2.33 bits per heavy atom. The SMILES string of the molecule is CCn1c(=O)n(Cc2c(Cl)c(C)nn2C)c2ccccc21. The van der Waals surface area contributed by atoms with Crippen LogP contribution in [0.15, 0.2) is 29.1 Å². The quantitative estimate of drug-likeness (QED) is 0.746. The maximum absolute atomic E-state index is 12.6. The van der Waals surface area contributed by atoms with Crippen LogP contribution in [0.5, 0.6) is 0 Å². The summed E-state index contributed by atoms with van der Waals surface area (Å²) in [6.07, 6.45) is 0. The number of rotatable bonds is 3. The topological polar surface area (TPSA) is 44.8 Å². The lowest BCUT2D eigenvalue weighted by molar-refractivity contribution is 0.636. The molecule has 110 valence electrons. The van der Waals surface area contributed by atoms with Crippen LogP contribution in [0.1, 0.15) is 18.3 Å². The summed E-state index contributed by atoms with van der Waals surface area (Å²) in [7, 11) is 1.85. The molecule has 0 amide bonds. The molecule has 3 rings (SSSR count). The Balaban J connectivity index is 2.22. The molecule has 0 bridgehead atoms. The van der Waals surface area contributed by atoms with Gasteiger partial charge in [-0.05, 0) is 26.0 Å². The Labute approximate surface area is 127 Å². The van der Waals surface area contributed by atoms with Crippen molar-refractivity contribution in [3.05, 3.63) is 51.2 Å². The number of aryl methyl sites for hydroxylation is 3. The third-order valence-corrected chi connectivity index (χ3v) is 4.30. The fourth-order valence-corrected chi connectivity index (χ4v) is 2.95. The fourth-order valence-electron chi connectivity index (χ4n) is 2.73. The summed E-state index contributed by atoms with van der Waals surface area (Å²) in [6.45, 7) is 4.90. The van der Waals surface area contributed by atoms with Crippen molar-refractivity contribution in [2.45, 2.75) is 26.9 Å². The van der Waals surface area contributed by atoms with Crippen LogP contribution < -0.4 is 5.69 Å². The second kappa shape index (κ2) is 5.07. The average Bonchev–Trinajstić information content (AvgIpc) is 2.88. The lowest BCUT2D eigenvalue weighted by Gasteiger charge is -2.04. The number of imidazole rings is 1. The van der Waals surface area contributed by atoms with E-state index >= 15 is 0 Å². The van der Waals surface area contributed by atoms with Crippen molar-refractivity contribution in [1.82, 2.24) is 18.9 Å². The number of para-hydroxylation sites is 2. The Morgan fingerprint density at radius 2 is 1.81 bits per heavy atom. The van der Waals surface area contributed by atoms with E-state index in [9.17, 15) is 4.79 Å². The van der Waals surface area contributed by atoms with E-state index in [4.69, 9.17) is 11.6 Å². The molecule has 0 aliphatic carbocycles. The second-order valence-electron chi connectivity index (χ2n) is 5.07. The Bertz CT molecular complexity index is 872. The molecular weight excluding hydrogens is 288 g/mol. The molecule has 0 unspecified atom stereocenters. The molecule has 0 aliphatic heterocycles. The molecule has 2 heterocycles. The number of benzene rings is 1. The molecule has 0 atom stereocenters. The Kier molecular flexibility index (Phi) is 3.37. The molecule has 0 saturated carbocycles. The Hall–Kier alpha value is -2.01. The van der Waals surface area contributed by atoms with Crippen LogP contribution >= 0.6 is 11.6 Å². The zero-order valence-electron chi connectivity index (χ0n) is 12.3. The second-order valence-corrected chi connectivity index (χ2v) is 5.45. The van der Waals surface area contributed by atoms with Crippen molar-refractivity contribution in [1.29, 1.82) is 0 Å². The third-order valence-electron chi connectivity index (χ3n) is 3.81. The fraction of sp³-hybridized carbons (Fsp3) is 0.333. The molecule has 0 fully saturated rings. The molecule has 0 saturated heterocycles. The summed E-state index contributed by atoms with van der Waals surface area (Å²) in [5.74, 6) is 0. The van der Waals surface area contributed by atoms with E-state index in [2.05, 4.69) is 5.10 Å². The molecule has 0 radical (unpaired) electrons. The van der Waals surface area contributed by atoms with Gasteiger partial charge in [-0.3, -0.25) is 13.8 Å². The summed E-state index contributed by atoms with van der Waals surface area (Å²) >= 11 is 6.30. The van der Waals surface area contributed by atoms with Gasteiger partial charge in [-0.1, -0.05) is 23.7 Å². The largest absolute Gasteiger partial charge is 0.329 e. The number of halogens is 1.